The largest absolute Gasteiger partial charge is 0.496 e. The Labute approximate surface area is 148 Å². The summed E-state index contributed by atoms with van der Waals surface area (Å²) in [6.07, 6.45) is 1.65. The molecule has 1 saturated carbocycles. The van der Waals surface area contributed by atoms with Crippen LogP contribution in [0.25, 0.3) is 16.9 Å². The molecule has 1 aliphatic carbocycles. The monoisotopic (exact) mass is 355 g/mol. The Hall–Kier alpha value is -3.08. The third-order valence-corrected chi connectivity index (χ3v) is 4.65. The van der Waals surface area contributed by atoms with E-state index in [4.69, 9.17) is 4.74 Å². The Bertz CT molecular complexity index is 1040. The average molecular weight is 355 g/mol. The van der Waals surface area contributed by atoms with Gasteiger partial charge in [-0.25, -0.2) is 0 Å². The number of methoxy groups -OCH3 is 1. The Morgan fingerprint density at radius 1 is 1.23 bits per heavy atom. The van der Waals surface area contributed by atoms with Crippen LogP contribution in [0.15, 0.2) is 30.3 Å². The molecule has 0 bridgehead atoms. The first-order valence-corrected chi connectivity index (χ1v) is 8.09. The van der Waals surface area contributed by atoms with Crippen molar-refractivity contribution in [2.24, 2.45) is 0 Å². The summed E-state index contributed by atoms with van der Waals surface area (Å²) in [6, 6.07) is 11.1. The summed E-state index contributed by atoms with van der Waals surface area (Å²) >= 11 is 0. The lowest BCUT2D eigenvalue weighted by Gasteiger charge is -2.13. The second-order valence-corrected chi connectivity index (χ2v) is 6.51. The maximum Gasteiger partial charge on any atom is 0.305 e. The summed E-state index contributed by atoms with van der Waals surface area (Å²) in [5, 5.41) is 20.9. The number of nitrogens with zero attached hydrogens (tertiary/aromatic N) is 5. The molecular weight excluding hydrogens is 340 g/mol. The van der Waals surface area contributed by atoms with Gasteiger partial charge in [-0.2, -0.15) is 23.7 Å². The number of rotatable bonds is 4. The van der Waals surface area contributed by atoms with E-state index in [9.17, 15) is 14.0 Å². The van der Waals surface area contributed by atoms with Gasteiger partial charge in [0.15, 0.2) is 5.65 Å². The topological polar surface area (TPSA) is 76.1 Å². The second-order valence-electron chi connectivity index (χ2n) is 6.51. The van der Waals surface area contributed by atoms with E-state index in [-0.39, 0.29) is 5.65 Å². The zero-order chi connectivity index (χ0) is 18.5. The van der Waals surface area contributed by atoms with Gasteiger partial charge in [0.1, 0.15) is 5.75 Å². The molecule has 132 valence electrons. The van der Waals surface area contributed by atoms with Crippen LogP contribution in [0.3, 0.4) is 0 Å². The summed E-state index contributed by atoms with van der Waals surface area (Å²) in [4.78, 5) is 0. The van der Waals surface area contributed by atoms with E-state index in [0.29, 0.717) is 17.0 Å². The number of hydrogen-bond donors (Lipinski definition) is 0. The highest BCUT2D eigenvalue weighted by atomic mass is 19.3. The van der Waals surface area contributed by atoms with Gasteiger partial charge in [0.25, 0.3) is 0 Å². The molecule has 1 aliphatic rings. The van der Waals surface area contributed by atoms with E-state index in [1.165, 1.54) is 7.11 Å². The van der Waals surface area contributed by atoms with Crippen molar-refractivity contribution in [3.8, 4) is 23.1 Å². The van der Waals surface area contributed by atoms with E-state index in [1.807, 2.05) is 12.1 Å². The molecule has 3 aromatic rings. The molecule has 0 radical (unpaired) electrons. The molecule has 0 spiro atoms. The minimum atomic E-state index is -3.16. The Balaban J connectivity index is 1.84. The van der Waals surface area contributed by atoms with Gasteiger partial charge in [-0.1, -0.05) is 6.07 Å². The average Bonchev–Trinajstić information content (AvgIpc) is 3.31. The number of benzene rings is 1. The highest BCUT2D eigenvalue weighted by Crippen LogP contribution is 2.49. The lowest BCUT2D eigenvalue weighted by Crippen LogP contribution is -2.14. The van der Waals surface area contributed by atoms with Gasteiger partial charge in [-0.05, 0) is 42.7 Å². The van der Waals surface area contributed by atoms with Gasteiger partial charge < -0.3 is 4.74 Å². The summed E-state index contributed by atoms with van der Waals surface area (Å²) in [6.45, 7) is 0.754. The van der Waals surface area contributed by atoms with Crippen molar-refractivity contribution in [3.63, 3.8) is 0 Å². The quantitative estimate of drug-likeness (QED) is 0.716. The molecule has 1 aromatic carbocycles. The lowest BCUT2D eigenvalue weighted by molar-refractivity contribution is 0.00564. The summed E-state index contributed by atoms with van der Waals surface area (Å²) < 4.78 is 33.9. The van der Waals surface area contributed by atoms with Crippen molar-refractivity contribution in [3.05, 3.63) is 41.7 Å². The van der Waals surface area contributed by atoms with Crippen molar-refractivity contribution in [2.75, 3.05) is 7.11 Å². The van der Waals surface area contributed by atoms with E-state index in [2.05, 4.69) is 21.4 Å². The van der Waals surface area contributed by atoms with Crippen molar-refractivity contribution in [1.82, 2.24) is 19.8 Å². The predicted octanol–water partition coefficient (Wildman–Crippen LogP) is 3.47. The third-order valence-electron chi connectivity index (χ3n) is 4.65. The predicted molar refractivity (Wildman–Crippen MR) is 88.9 cm³/mol. The molecule has 0 unspecified atom stereocenters. The first-order chi connectivity index (χ1) is 12.4. The molecule has 1 fully saturated rings. The fourth-order valence-electron chi connectivity index (χ4n) is 3.00. The van der Waals surface area contributed by atoms with Gasteiger partial charge in [0, 0.05) is 12.5 Å². The van der Waals surface area contributed by atoms with Crippen LogP contribution in [0, 0.1) is 11.3 Å². The molecular formula is C18H15F2N5O. The van der Waals surface area contributed by atoms with Crippen LogP contribution in [0.5, 0.6) is 5.75 Å². The molecule has 0 saturated heterocycles. The van der Waals surface area contributed by atoms with Crippen molar-refractivity contribution in [1.29, 1.82) is 5.26 Å². The first kappa shape index (κ1) is 16.4. The Morgan fingerprint density at radius 3 is 2.62 bits per heavy atom. The smallest absolute Gasteiger partial charge is 0.305 e. The number of ether oxygens (including phenoxy) is 1. The third kappa shape index (κ3) is 2.47. The minimum absolute atomic E-state index is 0.238. The van der Waals surface area contributed by atoms with Gasteiger partial charge in [0.2, 0.25) is 5.82 Å². The van der Waals surface area contributed by atoms with Crippen molar-refractivity contribution in [2.45, 2.75) is 31.1 Å². The van der Waals surface area contributed by atoms with Gasteiger partial charge >= 0.3 is 5.92 Å². The van der Waals surface area contributed by atoms with Crippen LogP contribution in [0.2, 0.25) is 0 Å². The van der Waals surface area contributed by atoms with Crippen LogP contribution < -0.4 is 4.74 Å². The van der Waals surface area contributed by atoms with E-state index < -0.39 is 17.2 Å². The highest BCUT2D eigenvalue weighted by molar-refractivity contribution is 5.69. The van der Waals surface area contributed by atoms with Crippen LogP contribution in [-0.4, -0.2) is 26.9 Å². The van der Waals surface area contributed by atoms with E-state index in [1.54, 1.807) is 18.2 Å². The van der Waals surface area contributed by atoms with Crippen LogP contribution in [0.1, 0.15) is 31.2 Å². The highest BCUT2D eigenvalue weighted by Gasteiger charge is 2.45. The Kier molecular flexibility index (Phi) is 3.44. The van der Waals surface area contributed by atoms with Gasteiger partial charge in [-0.3, -0.25) is 0 Å². The van der Waals surface area contributed by atoms with Crippen LogP contribution in [-0.2, 0) is 11.3 Å². The number of nitriles is 1. The van der Waals surface area contributed by atoms with Gasteiger partial charge in [0.05, 0.1) is 24.3 Å². The molecule has 26 heavy (non-hydrogen) atoms. The lowest BCUT2D eigenvalue weighted by atomic mass is 9.95. The molecule has 8 heteroatoms. The molecule has 6 nitrogen and oxygen atoms in total. The summed E-state index contributed by atoms with van der Waals surface area (Å²) in [5.74, 6) is -3.15. The van der Waals surface area contributed by atoms with Crippen LogP contribution in [0.4, 0.5) is 8.78 Å². The standard InChI is InChI=1S/C18H15F2N5O/c1-17(19,20)16-23-22-15-6-5-13(24-25(15)16)12-4-3-11(9-14(12)26-2)18(10-21)7-8-18/h3-6,9H,7-8H2,1-2H3. The summed E-state index contributed by atoms with van der Waals surface area (Å²) in [7, 11) is 1.53. The zero-order valence-electron chi connectivity index (χ0n) is 14.2. The molecule has 0 atom stereocenters. The fraction of sp³-hybridized carbons (Fsp3) is 0.333. The molecule has 4 rings (SSSR count). The summed E-state index contributed by atoms with van der Waals surface area (Å²) in [5.41, 5.74) is 1.79. The number of alkyl halides is 2. The Morgan fingerprint density at radius 2 is 2.00 bits per heavy atom. The fourth-order valence-corrected chi connectivity index (χ4v) is 3.00. The maximum atomic E-state index is 13.7. The number of halogens is 2. The SMILES string of the molecule is COc1cc(C2(C#N)CC2)ccc1-c1ccc2nnc(C(C)(F)F)n2n1. The number of aromatic nitrogens is 4. The normalized spacial score (nSPS) is 15.7. The number of hydrogen-bond acceptors (Lipinski definition) is 5. The molecule has 2 heterocycles. The van der Waals surface area contributed by atoms with Gasteiger partial charge in [-0.15, -0.1) is 10.2 Å². The minimum Gasteiger partial charge on any atom is -0.496 e. The van der Waals surface area contributed by atoms with Crippen molar-refractivity contribution >= 4 is 5.65 Å². The molecule has 0 aliphatic heterocycles. The molecule has 0 N–H and O–H groups in total. The van der Waals surface area contributed by atoms with E-state index in [0.717, 1.165) is 29.8 Å². The number of fused-ring (bicyclic) bond motifs is 1. The maximum absolute atomic E-state index is 13.7. The first-order valence-electron chi connectivity index (χ1n) is 8.09. The molecule has 2 aromatic heterocycles. The van der Waals surface area contributed by atoms with E-state index >= 15 is 0 Å². The molecule has 0 amide bonds. The zero-order valence-corrected chi connectivity index (χ0v) is 14.2. The van der Waals surface area contributed by atoms with Crippen molar-refractivity contribution < 1.29 is 13.5 Å². The second kappa shape index (κ2) is 5.46. The van der Waals surface area contributed by atoms with Crippen LogP contribution >= 0.6 is 0 Å².